The predicted octanol–water partition coefficient (Wildman–Crippen LogP) is 4.34. The van der Waals surface area contributed by atoms with Gasteiger partial charge >= 0.3 is 155 Å². The zero-order valence-corrected chi connectivity index (χ0v) is 16.8. The first-order valence-electron chi connectivity index (χ1n) is 8.60. The summed E-state index contributed by atoms with van der Waals surface area (Å²) in [6.07, 6.45) is 1.47. The third kappa shape index (κ3) is 4.19. The molecule has 4 heteroatoms. The molecule has 0 bridgehead atoms. The standard InChI is InChI=1S/C22H23O3P/c23-21(24)19-11-13-20(14-12-19)22(25-26,15-17-7-3-1-4-8-17)16-18-9-5-2-6-10-18/h1-14H,15-16H2,26H4,(H,23,24). The van der Waals surface area contributed by atoms with Crippen LogP contribution in [0.1, 0.15) is 27.0 Å². The second-order valence-electron chi connectivity index (χ2n) is 6.41. The minimum absolute atomic E-state index is 0.287. The predicted molar refractivity (Wildman–Crippen MR) is 109 cm³/mol. The molecular formula is C22H23O3P. The van der Waals surface area contributed by atoms with Gasteiger partial charge in [0.15, 0.2) is 0 Å². The summed E-state index contributed by atoms with van der Waals surface area (Å²) in [6.45, 7) is 0. The topological polar surface area (TPSA) is 46.5 Å². The average Bonchev–Trinajstić information content (AvgIpc) is 2.69. The van der Waals surface area contributed by atoms with Gasteiger partial charge in [-0.3, -0.25) is 0 Å². The van der Waals surface area contributed by atoms with Crippen molar-refractivity contribution in [1.29, 1.82) is 0 Å². The van der Waals surface area contributed by atoms with Gasteiger partial charge in [0.05, 0.1) is 0 Å². The van der Waals surface area contributed by atoms with Crippen molar-refractivity contribution in [1.82, 2.24) is 0 Å². The number of rotatable bonds is 7. The molecule has 0 radical (unpaired) electrons. The van der Waals surface area contributed by atoms with Crippen molar-refractivity contribution >= 4 is 15.4 Å². The molecule has 0 aliphatic heterocycles. The summed E-state index contributed by atoms with van der Waals surface area (Å²) in [4.78, 5) is 11.2. The first kappa shape index (κ1) is 18.3. The van der Waals surface area contributed by atoms with E-state index in [9.17, 15) is 9.90 Å². The van der Waals surface area contributed by atoms with E-state index in [0.717, 1.165) is 18.4 Å². The molecule has 0 fully saturated rings. The molecule has 0 aromatic heterocycles. The van der Waals surface area contributed by atoms with E-state index in [-0.39, 0.29) is 5.56 Å². The SMILES string of the molecule is O=C(O)c1ccc(C(Cc2ccccc2)(Cc2ccccc2)O[PH4])cc1. The molecule has 0 amide bonds. The van der Waals surface area contributed by atoms with Crippen LogP contribution in [0, 0.1) is 0 Å². The summed E-state index contributed by atoms with van der Waals surface area (Å²) in [7, 11) is 0.581. The maximum absolute atomic E-state index is 11.2. The zero-order valence-electron chi connectivity index (χ0n) is 14.8. The summed E-state index contributed by atoms with van der Waals surface area (Å²) >= 11 is 0. The van der Waals surface area contributed by atoms with Crippen LogP contribution in [-0.2, 0) is 23.0 Å². The number of carbonyl (C=O) groups is 1. The second-order valence-corrected chi connectivity index (χ2v) is 6.81. The Morgan fingerprint density at radius 1 is 0.808 bits per heavy atom. The molecule has 0 spiro atoms. The van der Waals surface area contributed by atoms with E-state index in [1.165, 1.54) is 11.1 Å². The Morgan fingerprint density at radius 2 is 1.27 bits per heavy atom. The van der Waals surface area contributed by atoms with Gasteiger partial charge in [-0.05, 0) is 0 Å². The Labute approximate surface area is 155 Å². The number of hydrogen-bond donors (Lipinski definition) is 1. The van der Waals surface area contributed by atoms with E-state index in [0.29, 0.717) is 9.47 Å². The van der Waals surface area contributed by atoms with Gasteiger partial charge in [0.1, 0.15) is 0 Å². The van der Waals surface area contributed by atoms with Crippen LogP contribution < -0.4 is 0 Å². The molecule has 0 saturated carbocycles. The Morgan fingerprint density at radius 3 is 1.65 bits per heavy atom. The van der Waals surface area contributed by atoms with Crippen molar-refractivity contribution in [3.8, 4) is 0 Å². The summed E-state index contributed by atoms with van der Waals surface area (Å²) in [5, 5.41) is 9.18. The third-order valence-electron chi connectivity index (χ3n) is 4.71. The normalized spacial score (nSPS) is 11.3. The van der Waals surface area contributed by atoms with Gasteiger partial charge in [0, 0.05) is 0 Å². The van der Waals surface area contributed by atoms with Gasteiger partial charge < -0.3 is 0 Å². The van der Waals surface area contributed by atoms with E-state index in [1.807, 2.05) is 48.5 Å². The number of aromatic carboxylic acids is 1. The van der Waals surface area contributed by atoms with Crippen LogP contribution in [0.4, 0.5) is 0 Å². The van der Waals surface area contributed by atoms with Crippen LogP contribution in [0.15, 0.2) is 84.9 Å². The van der Waals surface area contributed by atoms with Gasteiger partial charge in [0.2, 0.25) is 0 Å². The van der Waals surface area contributed by atoms with E-state index in [2.05, 4.69) is 24.3 Å². The van der Waals surface area contributed by atoms with E-state index in [1.54, 1.807) is 12.1 Å². The van der Waals surface area contributed by atoms with E-state index in [4.69, 9.17) is 4.52 Å². The molecule has 26 heavy (non-hydrogen) atoms. The number of benzene rings is 3. The molecule has 3 rings (SSSR count). The molecule has 3 aromatic rings. The summed E-state index contributed by atoms with van der Waals surface area (Å²) in [5.41, 5.74) is 3.18. The first-order chi connectivity index (χ1) is 12.6. The molecular weight excluding hydrogens is 343 g/mol. The van der Waals surface area contributed by atoms with Crippen molar-refractivity contribution in [2.75, 3.05) is 0 Å². The average molecular weight is 366 g/mol. The van der Waals surface area contributed by atoms with Crippen molar-refractivity contribution in [3.05, 3.63) is 107 Å². The Hall–Kier alpha value is -2.48. The summed E-state index contributed by atoms with van der Waals surface area (Å²) in [6, 6.07) is 27.6. The number of hydrogen-bond acceptors (Lipinski definition) is 2. The molecule has 134 valence electrons. The summed E-state index contributed by atoms with van der Waals surface area (Å²) < 4.78 is 6.22. The molecule has 3 nitrogen and oxygen atoms in total. The molecule has 0 aliphatic rings. The quantitative estimate of drug-likeness (QED) is 0.633. The fourth-order valence-electron chi connectivity index (χ4n) is 3.30. The van der Waals surface area contributed by atoms with Crippen LogP contribution >= 0.6 is 9.47 Å². The van der Waals surface area contributed by atoms with Crippen LogP contribution in [-0.4, -0.2) is 11.1 Å². The molecule has 0 aliphatic carbocycles. The van der Waals surface area contributed by atoms with Gasteiger partial charge in [-0.15, -0.1) is 0 Å². The van der Waals surface area contributed by atoms with Crippen LogP contribution in [0.5, 0.6) is 0 Å². The fourth-order valence-corrected chi connectivity index (χ4v) is 3.82. The molecule has 0 saturated heterocycles. The van der Waals surface area contributed by atoms with Crippen LogP contribution in [0.25, 0.3) is 0 Å². The molecule has 3 aromatic carbocycles. The summed E-state index contributed by atoms with van der Waals surface area (Å²) in [5.74, 6) is -0.917. The third-order valence-corrected chi connectivity index (χ3v) is 5.50. The van der Waals surface area contributed by atoms with Gasteiger partial charge in [0.25, 0.3) is 0 Å². The van der Waals surface area contributed by atoms with Crippen molar-refractivity contribution in [3.63, 3.8) is 0 Å². The number of carboxylic acids is 1. The van der Waals surface area contributed by atoms with Crippen molar-refractivity contribution < 1.29 is 14.4 Å². The number of carboxylic acid groups (broad SMARTS) is 1. The molecule has 0 heterocycles. The zero-order chi connectivity index (χ0) is 18.4. The van der Waals surface area contributed by atoms with Crippen LogP contribution in [0.3, 0.4) is 0 Å². The first-order valence-corrected chi connectivity index (χ1v) is 9.41. The van der Waals surface area contributed by atoms with Gasteiger partial charge in [-0.25, -0.2) is 0 Å². The Bertz CT molecular complexity index is 804. The van der Waals surface area contributed by atoms with Crippen molar-refractivity contribution in [2.45, 2.75) is 18.4 Å². The Balaban J connectivity index is 2.02. The van der Waals surface area contributed by atoms with Gasteiger partial charge in [-0.1, -0.05) is 0 Å². The Kier molecular flexibility index (Phi) is 5.82. The van der Waals surface area contributed by atoms with Crippen LogP contribution in [0.2, 0.25) is 0 Å². The molecule has 0 atom stereocenters. The van der Waals surface area contributed by atoms with Gasteiger partial charge in [-0.2, -0.15) is 0 Å². The fraction of sp³-hybridized carbons (Fsp3) is 0.136. The monoisotopic (exact) mass is 366 g/mol. The maximum atomic E-state index is 11.2. The van der Waals surface area contributed by atoms with E-state index < -0.39 is 11.6 Å². The van der Waals surface area contributed by atoms with Crippen molar-refractivity contribution in [2.24, 2.45) is 0 Å². The molecule has 0 unspecified atom stereocenters. The second kappa shape index (κ2) is 8.27. The minimum atomic E-state index is -0.917. The molecule has 1 N–H and O–H groups in total. The van der Waals surface area contributed by atoms with E-state index >= 15 is 0 Å².